The van der Waals surface area contributed by atoms with Gasteiger partial charge >= 0.3 is 0 Å². The van der Waals surface area contributed by atoms with E-state index in [9.17, 15) is 0 Å². The average molecular weight is 511 g/mol. The highest BCUT2D eigenvalue weighted by atomic mass is 15.2. The van der Waals surface area contributed by atoms with Gasteiger partial charge in [0.25, 0.3) is 0 Å². The Bertz CT molecular complexity index is 2430. The summed E-state index contributed by atoms with van der Waals surface area (Å²) in [4.78, 5) is 10.0. The van der Waals surface area contributed by atoms with Crippen LogP contribution in [-0.2, 0) is 0 Å². The highest BCUT2D eigenvalue weighted by Gasteiger charge is 2.25. The number of rotatable bonds is 2. The molecule has 0 aliphatic heterocycles. The van der Waals surface area contributed by atoms with Gasteiger partial charge < -0.3 is 4.57 Å². The molecule has 0 unspecified atom stereocenters. The predicted molar refractivity (Wildman–Crippen MR) is 166 cm³/mol. The van der Waals surface area contributed by atoms with E-state index in [1.807, 2.05) is 18.3 Å². The van der Waals surface area contributed by atoms with E-state index in [2.05, 4.69) is 124 Å². The van der Waals surface area contributed by atoms with E-state index in [4.69, 9.17) is 9.97 Å². The second-order valence-corrected chi connectivity index (χ2v) is 10.3. The number of aromatic nitrogens is 4. The minimum atomic E-state index is 0.673. The zero-order valence-corrected chi connectivity index (χ0v) is 21.5. The minimum absolute atomic E-state index is 0.673. The molecule has 0 N–H and O–H groups in total. The molecule has 0 aliphatic rings. The van der Waals surface area contributed by atoms with Crippen molar-refractivity contribution in [1.29, 1.82) is 0 Å². The summed E-state index contributed by atoms with van der Waals surface area (Å²) in [5.74, 6) is 0.673. The Hall–Kier alpha value is -5.48. The molecule has 0 radical (unpaired) electrons. The smallest absolute Gasteiger partial charge is 0.235 e. The van der Waals surface area contributed by atoms with Crippen LogP contribution in [0.2, 0.25) is 0 Å². The molecule has 0 spiro atoms. The molecule has 9 aromatic rings. The van der Waals surface area contributed by atoms with Crippen LogP contribution in [0.4, 0.5) is 0 Å². The topological polar surface area (TPSA) is 35.6 Å². The lowest BCUT2D eigenvalue weighted by Gasteiger charge is -2.13. The van der Waals surface area contributed by atoms with E-state index in [0.29, 0.717) is 5.95 Å². The first-order valence-electron chi connectivity index (χ1n) is 13.5. The molecule has 6 aromatic carbocycles. The van der Waals surface area contributed by atoms with Gasteiger partial charge in [0.05, 0.1) is 27.6 Å². The molecule has 186 valence electrons. The number of fused-ring (bicyclic) bond motifs is 11. The summed E-state index contributed by atoms with van der Waals surface area (Å²) < 4.78 is 4.68. The van der Waals surface area contributed by atoms with Crippen LogP contribution in [0.1, 0.15) is 0 Å². The Morgan fingerprint density at radius 2 is 0.975 bits per heavy atom. The fourth-order valence-corrected chi connectivity index (χ4v) is 6.52. The molecular formula is C36H22N4. The molecule has 3 heterocycles. The maximum atomic E-state index is 5.10. The summed E-state index contributed by atoms with van der Waals surface area (Å²) >= 11 is 0. The van der Waals surface area contributed by atoms with Gasteiger partial charge in [-0.2, -0.15) is 0 Å². The van der Waals surface area contributed by atoms with E-state index in [1.165, 1.54) is 37.8 Å². The molecule has 9 rings (SSSR count). The van der Waals surface area contributed by atoms with Crippen LogP contribution >= 0.6 is 0 Å². The number of benzene rings is 6. The van der Waals surface area contributed by atoms with Crippen molar-refractivity contribution in [3.63, 3.8) is 0 Å². The van der Waals surface area contributed by atoms with Crippen LogP contribution in [0.25, 0.3) is 76.9 Å². The van der Waals surface area contributed by atoms with Gasteiger partial charge in [-0.15, -0.1) is 0 Å². The summed E-state index contributed by atoms with van der Waals surface area (Å²) in [5.41, 5.74) is 6.60. The molecule has 4 nitrogen and oxygen atoms in total. The van der Waals surface area contributed by atoms with Gasteiger partial charge in [0.15, 0.2) is 0 Å². The van der Waals surface area contributed by atoms with Crippen LogP contribution in [0.15, 0.2) is 134 Å². The normalized spacial score (nSPS) is 12.0. The zero-order valence-electron chi connectivity index (χ0n) is 21.5. The van der Waals surface area contributed by atoms with Gasteiger partial charge in [0.2, 0.25) is 5.95 Å². The van der Waals surface area contributed by atoms with Gasteiger partial charge in [-0.25, -0.2) is 9.97 Å². The first kappa shape index (κ1) is 21.5. The summed E-state index contributed by atoms with van der Waals surface area (Å²) in [6.45, 7) is 0. The average Bonchev–Trinajstić information content (AvgIpc) is 3.55. The van der Waals surface area contributed by atoms with Crippen LogP contribution in [0.3, 0.4) is 0 Å². The third-order valence-corrected chi connectivity index (χ3v) is 8.13. The Kier molecular flexibility index (Phi) is 4.30. The lowest BCUT2D eigenvalue weighted by Crippen LogP contribution is -2.03. The highest BCUT2D eigenvalue weighted by Crippen LogP contribution is 2.46. The number of hydrogen-bond donors (Lipinski definition) is 0. The quantitative estimate of drug-likeness (QED) is 0.233. The third-order valence-electron chi connectivity index (χ3n) is 8.13. The Labute approximate surface area is 229 Å². The van der Waals surface area contributed by atoms with E-state index in [1.54, 1.807) is 0 Å². The Morgan fingerprint density at radius 1 is 0.450 bits per heavy atom. The van der Waals surface area contributed by atoms with Gasteiger partial charge in [-0.3, -0.25) is 4.57 Å². The van der Waals surface area contributed by atoms with E-state index in [0.717, 1.165) is 33.1 Å². The molecule has 0 saturated carbocycles. The molecule has 0 atom stereocenters. The standard InChI is InChI=1S/C36H22N4/c1-2-13-24(14-3-1)39-30-20-10-7-17-27(30)32-25-15-5-6-16-26(25)33-28-18-8-11-21-31(28)40(35(33)34(32)39)36-37-22-23-12-4-9-19-29(23)38-36/h1-22H. The number of nitrogens with zero attached hydrogens (tertiary/aromatic N) is 4. The first-order valence-corrected chi connectivity index (χ1v) is 13.5. The lowest BCUT2D eigenvalue weighted by atomic mass is 9.98. The maximum Gasteiger partial charge on any atom is 0.235 e. The monoisotopic (exact) mass is 510 g/mol. The second kappa shape index (κ2) is 8.01. The van der Waals surface area contributed by atoms with Crippen molar-refractivity contribution in [3.05, 3.63) is 134 Å². The van der Waals surface area contributed by atoms with Crippen molar-refractivity contribution in [2.45, 2.75) is 0 Å². The summed E-state index contributed by atoms with van der Waals surface area (Å²) in [6.07, 6.45) is 1.93. The molecule has 3 aromatic heterocycles. The van der Waals surface area contributed by atoms with Crippen molar-refractivity contribution in [2.24, 2.45) is 0 Å². The molecule has 4 heteroatoms. The van der Waals surface area contributed by atoms with Crippen LogP contribution in [0, 0.1) is 0 Å². The van der Waals surface area contributed by atoms with Crippen molar-refractivity contribution in [1.82, 2.24) is 19.1 Å². The Balaban J connectivity index is 1.63. The third kappa shape index (κ3) is 2.79. The van der Waals surface area contributed by atoms with Crippen LogP contribution in [-0.4, -0.2) is 19.1 Å². The van der Waals surface area contributed by atoms with Crippen molar-refractivity contribution >= 4 is 65.3 Å². The van der Waals surface area contributed by atoms with E-state index < -0.39 is 0 Å². The van der Waals surface area contributed by atoms with E-state index >= 15 is 0 Å². The van der Waals surface area contributed by atoms with E-state index in [-0.39, 0.29) is 0 Å². The van der Waals surface area contributed by atoms with Crippen molar-refractivity contribution < 1.29 is 0 Å². The zero-order chi connectivity index (χ0) is 26.2. The minimum Gasteiger partial charge on any atom is -0.307 e. The van der Waals surface area contributed by atoms with Gasteiger partial charge in [0.1, 0.15) is 0 Å². The van der Waals surface area contributed by atoms with Crippen molar-refractivity contribution in [3.8, 4) is 11.6 Å². The largest absolute Gasteiger partial charge is 0.307 e. The lowest BCUT2D eigenvalue weighted by molar-refractivity contribution is 1.01. The molecule has 0 saturated heterocycles. The Morgan fingerprint density at radius 3 is 1.68 bits per heavy atom. The van der Waals surface area contributed by atoms with Crippen molar-refractivity contribution in [2.75, 3.05) is 0 Å². The van der Waals surface area contributed by atoms with Gasteiger partial charge in [0, 0.05) is 38.8 Å². The van der Waals surface area contributed by atoms with Crippen LogP contribution < -0.4 is 0 Å². The maximum absolute atomic E-state index is 5.10. The summed E-state index contributed by atoms with van der Waals surface area (Å²) in [5, 5.41) is 8.40. The highest BCUT2D eigenvalue weighted by molar-refractivity contribution is 6.36. The second-order valence-electron chi connectivity index (χ2n) is 10.3. The molecule has 0 bridgehead atoms. The molecular weight excluding hydrogens is 488 g/mol. The SMILES string of the molecule is c1ccc(-n2c3ccccc3c3c4ccccc4c4c5ccccc5n(-c5ncc6ccccc6n5)c4c32)cc1. The molecule has 40 heavy (non-hydrogen) atoms. The number of para-hydroxylation sites is 4. The fraction of sp³-hybridized carbons (Fsp3) is 0. The first-order chi connectivity index (χ1) is 19.9. The van der Waals surface area contributed by atoms with Gasteiger partial charge in [-0.05, 0) is 41.1 Å². The molecule has 0 amide bonds. The molecule has 0 fully saturated rings. The van der Waals surface area contributed by atoms with Gasteiger partial charge in [-0.1, -0.05) is 97.1 Å². The fourth-order valence-electron chi connectivity index (χ4n) is 6.52. The summed E-state index contributed by atoms with van der Waals surface area (Å²) in [7, 11) is 0. The summed E-state index contributed by atoms with van der Waals surface area (Å²) in [6, 6.07) is 45.0. The predicted octanol–water partition coefficient (Wildman–Crippen LogP) is 8.98. The molecule has 0 aliphatic carbocycles. The van der Waals surface area contributed by atoms with Crippen LogP contribution in [0.5, 0.6) is 0 Å². The number of hydrogen-bond acceptors (Lipinski definition) is 2.